The predicted molar refractivity (Wildman–Crippen MR) is 61.6 cm³/mol. The lowest BCUT2D eigenvalue weighted by Crippen LogP contribution is -2.00. The molecule has 0 aromatic heterocycles. The monoisotopic (exact) mass is 230 g/mol. The minimum atomic E-state index is -0.732. The van der Waals surface area contributed by atoms with Crippen LogP contribution in [0.3, 0.4) is 0 Å². The number of benzene rings is 2. The van der Waals surface area contributed by atoms with Gasteiger partial charge in [-0.3, -0.25) is 0 Å². The molecule has 0 saturated heterocycles. The van der Waals surface area contributed by atoms with Crippen molar-refractivity contribution in [3.05, 3.63) is 59.4 Å². The number of hydrogen-bond acceptors (Lipinski definition) is 2. The number of halogens is 1. The van der Waals surface area contributed by atoms with Crippen molar-refractivity contribution >= 4 is 0 Å². The van der Waals surface area contributed by atoms with Gasteiger partial charge >= 0.3 is 0 Å². The van der Waals surface area contributed by atoms with Crippen LogP contribution in [0, 0.1) is 5.82 Å². The molecule has 0 spiro atoms. The Labute approximate surface area is 98.3 Å². The second kappa shape index (κ2) is 3.86. The Morgan fingerprint density at radius 3 is 2.82 bits per heavy atom. The van der Waals surface area contributed by atoms with Crippen LogP contribution in [0.15, 0.2) is 42.5 Å². The van der Waals surface area contributed by atoms with E-state index in [1.807, 2.05) is 24.3 Å². The fourth-order valence-electron chi connectivity index (χ4n) is 2.08. The molecule has 2 nitrogen and oxygen atoms in total. The number of hydrogen-bond donors (Lipinski definition) is 1. The summed E-state index contributed by atoms with van der Waals surface area (Å²) in [4.78, 5) is 0. The quantitative estimate of drug-likeness (QED) is 0.753. The molecular weight excluding hydrogens is 219 g/mol. The van der Waals surface area contributed by atoms with Crippen molar-refractivity contribution < 1.29 is 14.2 Å². The lowest BCUT2D eigenvalue weighted by atomic mass is 10.0. The summed E-state index contributed by atoms with van der Waals surface area (Å²) in [5, 5.41) is 10.1. The Morgan fingerprint density at radius 1 is 1.12 bits per heavy atom. The number of rotatable bonds is 0. The fraction of sp³-hybridized carbons (Fsp3) is 0.143. The number of aliphatic hydroxyl groups is 1. The minimum absolute atomic E-state index is 0.364. The van der Waals surface area contributed by atoms with Gasteiger partial charge in [-0.25, -0.2) is 4.39 Å². The van der Waals surface area contributed by atoms with Crippen LogP contribution in [0.5, 0.6) is 11.5 Å². The first-order valence-corrected chi connectivity index (χ1v) is 5.47. The molecule has 1 N–H and O–H groups in total. The summed E-state index contributed by atoms with van der Waals surface area (Å²) in [6.45, 7) is 0. The van der Waals surface area contributed by atoms with Crippen LogP contribution in [0.2, 0.25) is 0 Å². The van der Waals surface area contributed by atoms with E-state index in [4.69, 9.17) is 4.74 Å². The van der Waals surface area contributed by atoms with E-state index in [1.165, 1.54) is 12.1 Å². The minimum Gasteiger partial charge on any atom is -0.457 e. The highest BCUT2D eigenvalue weighted by molar-refractivity contribution is 5.46. The second-order valence-corrected chi connectivity index (χ2v) is 4.11. The van der Waals surface area contributed by atoms with E-state index in [-0.39, 0.29) is 5.82 Å². The van der Waals surface area contributed by atoms with Gasteiger partial charge in [-0.05, 0) is 29.8 Å². The Balaban J connectivity index is 2.14. The zero-order valence-corrected chi connectivity index (χ0v) is 9.06. The van der Waals surface area contributed by atoms with Crippen molar-refractivity contribution in [2.45, 2.75) is 12.5 Å². The zero-order valence-electron chi connectivity index (χ0n) is 9.06. The highest BCUT2D eigenvalue weighted by Crippen LogP contribution is 2.38. The average molecular weight is 230 g/mol. The third-order valence-corrected chi connectivity index (χ3v) is 2.94. The smallest absolute Gasteiger partial charge is 0.133 e. The molecule has 86 valence electrons. The highest BCUT2D eigenvalue weighted by Gasteiger charge is 2.21. The Morgan fingerprint density at radius 2 is 1.94 bits per heavy atom. The molecule has 2 aromatic carbocycles. The number of fused-ring (bicyclic) bond motifs is 2. The maximum atomic E-state index is 13.2. The summed E-state index contributed by atoms with van der Waals surface area (Å²) in [6.07, 6.45) is -0.295. The van der Waals surface area contributed by atoms with E-state index >= 15 is 0 Å². The van der Waals surface area contributed by atoms with Crippen molar-refractivity contribution in [2.24, 2.45) is 0 Å². The number of ether oxygens (including phenoxy) is 1. The average Bonchev–Trinajstić information content (AvgIpc) is 2.46. The fourth-order valence-corrected chi connectivity index (χ4v) is 2.08. The van der Waals surface area contributed by atoms with Crippen molar-refractivity contribution in [3.63, 3.8) is 0 Å². The maximum absolute atomic E-state index is 13.2. The summed E-state index contributed by atoms with van der Waals surface area (Å²) in [6, 6.07) is 11.7. The van der Waals surface area contributed by atoms with Crippen molar-refractivity contribution in [2.75, 3.05) is 0 Å². The van der Waals surface area contributed by atoms with E-state index in [0.29, 0.717) is 17.7 Å². The Hall–Kier alpha value is -1.87. The first kappa shape index (κ1) is 10.3. The van der Waals surface area contributed by atoms with E-state index in [2.05, 4.69) is 0 Å². The van der Waals surface area contributed by atoms with E-state index < -0.39 is 6.10 Å². The molecular formula is C14H11FO2. The molecule has 1 unspecified atom stereocenters. The molecule has 3 rings (SSSR count). The summed E-state index contributed by atoms with van der Waals surface area (Å²) in [5.74, 6) is 0.873. The van der Waals surface area contributed by atoms with Gasteiger partial charge in [-0.1, -0.05) is 18.2 Å². The highest BCUT2D eigenvalue weighted by atomic mass is 19.1. The van der Waals surface area contributed by atoms with Crippen LogP contribution in [0.25, 0.3) is 0 Å². The van der Waals surface area contributed by atoms with Crippen LogP contribution in [0.4, 0.5) is 4.39 Å². The summed E-state index contributed by atoms with van der Waals surface area (Å²) in [5.41, 5.74) is 1.43. The topological polar surface area (TPSA) is 29.5 Å². The van der Waals surface area contributed by atoms with Gasteiger partial charge in [-0.2, -0.15) is 0 Å². The molecule has 1 heterocycles. The third-order valence-electron chi connectivity index (χ3n) is 2.94. The SMILES string of the molecule is OC1Cc2ccccc2Oc2ccc(F)cc21. The molecule has 0 radical (unpaired) electrons. The third kappa shape index (κ3) is 1.78. The summed E-state index contributed by atoms with van der Waals surface area (Å²) in [7, 11) is 0. The van der Waals surface area contributed by atoms with Gasteiger partial charge in [0.25, 0.3) is 0 Å². The van der Waals surface area contributed by atoms with E-state index in [9.17, 15) is 9.50 Å². The van der Waals surface area contributed by atoms with Crippen molar-refractivity contribution in [1.29, 1.82) is 0 Å². The van der Waals surface area contributed by atoms with Gasteiger partial charge in [0.1, 0.15) is 17.3 Å². The zero-order chi connectivity index (χ0) is 11.8. The van der Waals surface area contributed by atoms with Gasteiger partial charge in [0.05, 0.1) is 6.10 Å². The molecule has 17 heavy (non-hydrogen) atoms. The van der Waals surface area contributed by atoms with Gasteiger partial charge in [0.15, 0.2) is 0 Å². The van der Waals surface area contributed by atoms with Gasteiger partial charge in [-0.15, -0.1) is 0 Å². The van der Waals surface area contributed by atoms with Crippen molar-refractivity contribution in [3.8, 4) is 11.5 Å². The van der Waals surface area contributed by atoms with E-state index in [1.54, 1.807) is 6.07 Å². The van der Waals surface area contributed by atoms with Gasteiger partial charge in [0.2, 0.25) is 0 Å². The lowest BCUT2D eigenvalue weighted by Gasteiger charge is -2.10. The standard InChI is InChI=1S/C14H11FO2/c15-10-5-6-14-11(8-10)12(16)7-9-3-1-2-4-13(9)17-14/h1-6,8,12,16H,7H2. The first-order chi connectivity index (χ1) is 8.24. The molecule has 3 heteroatoms. The number of aliphatic hydroxyl groups excluding tert-OH is 1. The van der Waals surface area contributed by atoms with Gasteiger partial charge < -0.3 is 9.84 Å². The van der Waals surface area contributed by atoms with Gasteiger partial charge in [0, 0.05) is 12.0 Å². The van der Waals surface area contributed by atoms with Crippen LogP contribution in [-0.4, -0.2) is 5.11 Å². The molecule has 1 atom stereocenters. The number of para-hydroxylation sites is 1. The van der Waals surface area contributed by atoms with Crippen molar-refractivity contribution in [1.82, 2.24) is 0 Å². The molecule has 0 fully saturated rings. The molecule has 0 aliphatic carbocycles. The second-order valence-electron chi connectivity index (χ2n) is 4.11. The van der Waals surface area contributed by atoms with Crippen LogP contribution in [-0.2, 0) is 6.42 Å². The first-order valence-electron chi connectivity index (χ1n) is 5.47. The summed E-state index contributed by atoms with van der Waals surface area (Å²) >= 11 is 0. The van der Waals surface area contributed by atoms with E-state index in [0.717, 1.165) is 11.3 Å². The van der Waals surface area contributed by atoms with Crippen LogP contribution < -0.4 is 4.74 Å². The predicted octanol–water partition coefficient (Wildman–Crippen LogP) is 3.21. The molecule has 0 saturated carbocycles. The largest absolute Gasteiger partial charge is 0.457 e. The normalized spacial score (nSPS) is 17.6. The Bertz CT molecular complexity index is 566. The lowest BCUT2D eigenvalue weighted by molar-refractivity contribution is 0.178. The molecule has 0 amide bonds. The van der Waals surface area contributed by atoms with Crippen LogP contribution in [0.1, 0.15) is 17.2 Å². The molecule has 0 bridgehead atoms. The molecule has 1 aliphatic heterocycles. The van der Waals surface area contributed by atoms with Crippen LogP contribution >= 0.6 is 0 Å². The molecule has 2 aromatic rings. The maximum Gasteiger partial charge on any atom is 0.133 e. The Kier molecular flexibility index (Phi) is 2.34. The molecule has 1 aliphatic rings. The summed E-state index contributed by atoms with van der Waals surface area (Å²) < 4.78 is 18.9.